The van der Waals surface area contributed by atoms with Crippen LogP contribution in [0.5, 0.6) is 0 Å². The van der Waals surface area contributed by atoms with Crippen molar-refractivity contribution >= 4 is 35.3 Å². The molecule has 0 aromatic heterocycles. The fourth-order valence-corrected chi connectivity index (χ4v) is 7.75. The summed E-state index contributed by atoms with van der Waals surface area (Å²) in [6.07, 6.45) is 10.4. The van der Waals surface area contributed by atoms with E-state index in [1.54, 1.807) is 56.6 Å². The molecule has 0 spiro atoms. The average molecular weight is 749 g/mol. The smallest absolute Gasteiger partial charge is 0.255 e. The van der Waals surface area contributed by atoms with Gasteiger partial charge in [0.15, 0.2) is 0 Å². The minimum absolute atomic E-state index is 0.0214. The molecule has 3 aromatic rings. The molecule has 3 aliphatic rings. The molecule has 2 heterocycles. The van der Waals surface area contributed by atoms with Crippen LogP contribution in [-0.4, -0.2) is 107 Å². The van der Waals surface area contributed by atoms with Gasteiger partial charge in [0.2, 0.25) is 5.91 Å². The van der Waals surface area contributed by atoms with E-state index in [1.165, 1.54) is 17.5 Å². The van der Waals surface area contributed by atoms with Gasteiger partial charge < -0.3 is 29.9 Å². The van der Waals surface area contributed by atoms with Gasteiger partial charge in [-0.3, -0.25) is 24.3 Å². The fourth-order valence-electron chi connectivity index (χ4n) is 7.75. The standard InChI is InChI=1S/C44H56N6O5/c1-48(23-24-49(25-27-54-2)26-28-55-3)44(53)35-14-9-13-33(29-35)42(51)47-40-18-17-36(50-21-7-4-8-22-50)31-38(40)41-30-34(19-20-45-41)43(52)46-39-16-10-12-32-11-5-6-15-37(32)39/h5-6,9,11,13-15,17-20,29,31,39,41H,4,7-8,10,12,16,21-28,30H2,1-3H3,(H,46,52)(H,47,51)/t39-,41?/m0/s1. The lowest BCUT2D eigenvalue weighted by Crippen LogP contribution is -2.39. The highest BCUT2D eigenvalue weighted by molar-refractivity contribution is 6.06. The number of likely N-dealkylation sites (N-methyl/N-ethyl adjacent to an activating group) is 1. The number of allylic oxidation sites excluding steroid dienone is 1. The van der Waals surface area contributed by atoms with E-state index >= 15 is 0 Å². The Morgan fingerprint density at radius 1 is 0.818 bits per heavy atom. The quantitative estimate of drug-likeness (QED) is 0.179. The molecule has 2 atom stereocenters. The molecular formula is C44H56N6O5. The lowest BCUT2D eigenvalue weighted by molar-refractivity contribution is -0.118. The van der Waals surface area contributed by atoms with Gasteiger partial charge in [-0.1, -0.05) is 30.3 Å². The highest BCUT2D eigenvalue weighted by Gasteiger charge is 2.27. The third kappa shape index (κ3) is 10.5. The molecule has 11 heteroatoms. The van der Waals surface area contributed by atoms with Crippen LogP contribution >= 0.6 is 0 Å². The topological polar surface area (TPSA) is 116 Å². The van der Waals surface area contributed by atoms with Crippen molar-refractivity contribution in [3.05, 3.63) is 106 Å². The molecule has 3 amide bonds. The van der Waals surface area contributed by atoms with E-state index in [9.17, 15) is 14.4 Å². The summed E-state index contributed by atoms with van der Waals surface area (Å²) in [5.41, 5.74) is 6.56. The molecule has 0 saturated carbocycles. The number of carbonyl (C=O) groups excluding carboxylic acids is 3. The second-order valence-corrected chi connectivity index (χ2v) is 14.7. The molecule has 55 heavy (non-hydrogen) atoms. The zero-order valence-electron chi connectivity index (χ0n) is 32.6. The van der Waals surface area contributed by atoms with Crippen molar-refractivity contribution in [3.63, 3.8) is 0 Å². The lowest BCUT2D eigenvalue weighted by Gasteiger charge is -2.31. The number of carbonyl (C=O) groups is 3. The van der Waals surface area contributed by atoms with E-state index in [0.29, 0.717) is 55.1 Å². The summed E-state index contributed by atoms with van der Waals surface area (Å²) in [7, 11) is 5.13. The number of hydrogen-bond acceptors (Lipinski definition) is 8. The van der Waals surface area contributed by atoms with Crippen molar-refractivity contribution in [1.29, 1.82) is 0 Å². The third-order valence-electron chi connectivity index (χ3n) is 11.0. The minimum atomic E-state index is -0.363. The number of nitrogens with one attached hydrogen (secondary N) is 2. The number of rotatable bonds is 16. The van der Waals surface area contributed by atoms with E-state index in [4.69, 9.17) is 14.5 Å². The van der Waals surface area contributed by atoms with Gasteiger partial charge in [0.05, 0.1) is 25.3 Å². The number of piperidine rings is 1. The monoisotopic (exact) mass is 748 g/mol. The zero-order chi connectivity index (χ0) is 38.6. The molecule has 3 aromatic carbocycles. The number of hydrogen-bond donors (Lipinski definition) is 2. The van der Waals surface area contributed by atoms with Gasteiger partial charge in [-0.25, -0.2) is 0 Å². The van der Waals surface area contributed by atoms with Gasteiger partial charge >= 0.3 is 0 Å². The van der Waals surface area contributed by atoms with Crippen molar-refractivity contribution in [1.82, 2.24) is 15.1 Å². The Morgan fingerprint density at radius 3 is 2.36 bits per heavy atom. The number of dihydropyridines is 1. The molecule has 1 aliphatic carbocycles. The fraction of sp³-hybridized carbons (Fsp3) is 0.455. The Bertz CT molecular complexity index is 1850. The minimum Gasteiger partial charge on any atom is -0.383 e. The molecular weight excluding hydrogens is 693 g/mol. The van der Waals surface area contributed by atoms with E-state index in [2.05, 4.69) is 50.8 Å². The van der Waals surface area contributed by atoms with Crippen molar-refractivity contribution in [2.75, 3.05) is 84.0 Å². The van der Waals surface area contributed by atoms with Crippen LogP contribution in [0.3, 0.4) is 0 Å². The summed E-state index contributed by atoms with van der Waals surface area (Å²) in [5, 5.41) is 6.45. The number of anilines is 2. The Hall–Kier alpha value is -4.84. The van der Waals surface area contributed by atoms with Gasteiger partial charge in [0, 0.05) is 107 Å². The summed E-state index contributed by atoms with van der Waals surface area (Å²) < 4.78 is 10.5. The van der Waals surface area contributed by atoms with Crippen LogP contribution in [0.1, 0.15) is 88.0 Å². The summed E-state index contributed by atoms with van der Waals surface area (Å²) in [6.45, 7) is 5.80. The van der Waals surface area contributed by atoms with Crippen molar-refractivity contribution in [3.8, 4) is 0 Å². The van der Waals surface area contributed by atoms with Crippen LogP contribution < -0.4 is 15.5 Å². The largest absolute Gasteiger partial charge is 0.383 e. The highest BCUT2D eigenvalue weighted by Crippen LogP contribution is 2.37. The van der Waals surface area contributed by atoms with Crippen LogP contribution in [0.4, 0.5) is 11.4 Å². The lowest BCUT2D eigenvalue weighted by atomic mass is 9.87. The number of amides is 3. The highest BCUT2D eigenvalue weighted by atomic mass is 16.5. The summed E-state index contributed by atoms with van der Waals surface area (Å²) >= 11 is 0. The van der Waals surface area contributed by atoms with Gasteiger partial charge in [-0.15, -0.1) is 0 Å². The van der Waals surface area contributed by atoms with Crippen LogP contribution in [0.2, 0.25) is 0 Å². The van der Waals surface area contributed by atoms with Crippen LogP contribution in [0.25, 0.3) is 0 Å². The maximum absolute atomic E-state index is 13.9. The molecule has 0 radical (unpaired) electrons. The van der Waals surface area contributed by atoms with Crippen LogP contribution in [0, 0.1) is 0 Å². The van der Waals surface area contributed by atoms with Gasteiger partial charge in [-0.05, 0) is 92.1 Å². The molecule has 11 nitrogen and oxygen atoms in total. The summed E-state index contributed by atoms with van der Waals surface area (Å²) in [5.74, 6) is -0.566. The molecule has 1 fully saturated rings. The first-order chi connectivity index (χ1) is 26.8. The molecule has 2 aliphatic heterocycles. The van der Waals surface area contributed by atoms with Crippen LogP contribution in [0.15, 0.2) is 83.4 Å². The van der Waals surface area contributed by atoms with Gasteiger partial charge in [0.25, 0.3) is 11.8 Å². The number of aliphatic imine (C=N–C) groups is 1. The Labute approximate surface area is 325 Å². The van der Waals surface area contributed by atoms with E-state index in [1.807, 2.05) is 18.2 Å². The van der Waals surface area contributed by atoms with E-state index < -0.39 is 0 Å². The van der Waals surface area contributed by atoms with E-state index in [0.717, 1.165) is 69.5 Å². The number of aryl methyl sites for hydroxylation is 1. The van der Waals surface area contributed by atoms with Crippen molar-refractivity contribution in [2.45, 2.75) is 57.0 Å². The number of methoxy groups -OCH3 is 2. The Morgan fingerprint density at radius 2 is 1.58 bits per heavy atom. The summed E-state index contributed by atoms with van der Waals surface area (Å²) in [4.78, 5) is 52.3. The van der Waals surface area contributed by atoms with Gasteiger partial charge in [-0.2, -0.15) is 0 Å². The zero-order valence-corrected chi connectivity index (χ0v) is 32.6. The molecule has 2 N–H and O–H groups in total. The SMILES string of the molecule is COCCN(CCOC)CCN(C)C(=O)c1cccc(C(=O)Nc2ccc(N3CCCCC3)cc2C2CC(C(=O)N[C@H]3CCCc4ccccc43)=CC=N2)c1. The second kappa shape index (κ2) is 19.7. The average Bonchev–Trinajstić information content (AvgIpc) is 3.23. The number of ether oxygens (including phenoxy) is 2. The Kier molecular flexibility index (Phi) is 14.2. The predicted molar refractivity (Wildman–Crippen MR) is 218 cm³/mol. The first-order valence-corrected chi connectivity index (χ1v) is 19.7. The normalized spacial score (nSPS) is 18.0. The van der Waals surface area contributed by atoms with E-state index in [-0.39, 0.29) is 29.8 Å². The maximum atomic E-state index is 13.9. The second-order valence-electron chi connectivity index (χ2n) is 14.7. The number of nitrogens with zero attached hydrogens (tertiary/aromatic N) is 4. The molecule has 0 bridgehead atoms. The third-order valence-corrected chi connectivity index (χ3v) is 11.0. The molecule has 1 unspecified atom stereocenters. The predicted octanol–water partition coefficient (Wildman–Crippen LogP) is 6.23. The molecule has 6 rings (SSSR count). The Balaban J connectivity index is 1.17. The molecule has 292 valence electrons. The number of fused-ring (bicyclic) bond motifs is 1. The number of benzene rings is 3. The van der Waals surface area contributed by atoms with Gasteiger partial charge in [0.1, 0.15) is 0 Å². The molecule has 1 saturated heterocycles. The first kappa shape index (κ1) is 39.8. The summed E-state index contributed by atoms with van der Waals surface area (Å²) in [6, 6.07) is 21.0. The maximum Gasteiger partial charge on any atom is 0.255 e. The first-order valence-electron chi connectivity index (χ1n) is 19.7. The van der Waals surface area contributed by atoms with Crippen LogP contribution in [-0.2, 0) is 20.7 Å². The van der Waals surface area contributed by atoms with Crippen molar-refractivity contribution in [2.24, 2.45) is 4.99 Å². The van der Waals surface area contributed by atoms with Crippen molar-refractivity contribution < 1.29 is 23.9 Å².